The summed E-state index contributed by atoms with van der Waals surface area (Å²) in [5.41, 5.74) is 6.86. The number of amides is 2. The first kappa shape index (κ1) is 34.1. The second-order valence-electron chi connectivity index (χ2n) is 9.10. The number of rotatable bonds is 16. The number of aliphatic hydroxyl groups is 4. The van der Waals surface area contributed by atoms with Gasteiger partial charge >= 0.3 is 11.9 Å². The van der Waals surface area contributed by atoms with Crippen molar-refractivity contribution in [1.82, 2.24) is 10.6 Å². The maximum atomic E-state index is 12.4. The molecule has 10 N–H and O–H groups in total. The normalized spacial score (nSPS) is 24.0. The number of carbonyl (C=O) groups excluding carboxylic acids is 2. The van der Waals surface area contributed by atoms with Crippen LogP contribution in [0, 0.1) is 0 Å². The van der Waals surface area contributed by atoms with E-state index in [4.69, 9.17) is 25.4 Å². The lowest BCUT2D eigenvalue weighted by Crippen LogP contribution is -2.59. The number of nitrogens with two attached hydrogens (primary N) is 1. The number of carboxylic acid groups (broad SMARTS) is 2. The Kier molecular flexibility index (Phi) is 14.1. The van der Waals surface area contributed by atoms with Crippen molar-refractivity contribution in [2.45, 2.75) is 62.2 Å². The van der Waals surface area contributed by atoms with E-state index in [9.17, 15) is 39.6 Å². The van der Waals surface area contributed by atoms with Crippen LogP contribution < -0.4 is 16.4 Å². The fraction of sp³-hybridized carbons (Fsp3) is 0.520. The molecule has 0 aliphatic carbocycles. The fourth-order valence-electron chi connectivity index (χ4n) is 3.53. The van der Waals surface area contributed by atoms with Crippen molar-refractivity contribution in [2.24, 2.45) is 5.73 Å². The van der Waals surface area contributed by atoms with Gasteiger partial charge in [-0.2, -0.15) is 0 Å². The van der Waals surface area contributed by atoms with E-state index >= 15 is 0 Å². The van der Waals surface area contributed by atoms with Gasteiger partial charge in [0.15, 0.2) is 6.29 Å². The number of hydrogen-bond acceptors (Lipinski definition) is 12. The highest BCUT2D eigenvalue weighted by molar-refractivity contribution is 8.02. The van der Waals surface area contributed by atoms with E-state index in [-0.39, 0.29) is 25.2 Å². The van der Waals surface area contributed by atoms with Crippen LogP contribution in [0.25, 0.3) is 6.08 Å². The number of hydrogen-bond donors (Lipinski definition) is 9. The minimum Gasteiger partial charge on any atom is -0.480 e. The Balaban J connectivity index is 1.88. The first-order chi connectivity index (χ1) is 19.4. The largest absolute Gasteiger partial charge is 0.480 e. The van der Waals surface area contributed by atoms with Gasteiger partial charge in [-0.25, -0.2) is 0 Å². The Bertz CT molecular complexity index is 1050. The maximum absolute atomic E-state index is 12.4. The number of nitrogens with one attached hydrogen (secondary N) is 2. The highest BCUT2D eigenvalue weighted by Crippen LogP contribution is 2.23. The van der Waals surface area contributed by atoms with Crippen LogP contribution in [0.5, 0.6) is 0 Å². The number of carboxylic acids is 2. The molecule has 41 heavy (non-hydrogen) atoms. The molecular formula is C25H35N3O12S. The van der Waals surface area contributed by atoms with Gasteiger partial charge in [-0.05, 0) is 29.0 Å². The lowest BCUT2D eigenvalue weighted by molar-refractivity contribution is -0.304. The highest BCUT2D eigenvalue weighted by Gasteiger charge is 2.44. The molecule has 1 aromatic carbocycles. The molecule has 2 rings (SSSR count). The van der Waals surface area contributed by atoms with Crippen LogP contribution in [-0.2, 0) is 35.3 Å². The topological polar surface area (TPSA) is 258 Å². The van der Waals surface area contributed by atoms with Crippen LogP contribution in [0.4, 0.5) is 0 Å². The van der Waals surface area contributed by atoms with Crippen LogP contribution in [0.3, 0.4) is 0 Å². The fourth-order valence-corrected chi connectivity index (χ4v) is 4.32. The van der Waals surface area contributed by atoms with E-state index in [0.717, 1.165) is 5.56 Å². The third-order valence-electron chi connectivity index (χ3n) is 5.93. The zero-order chi connectivity index (χ0) is 30.5. The predicted molar refractivity (Wildman–Crippen MR) is 144 cm³/mol. The Morgan fingerprint density at radius 1 is 1.07 bits per heavy atom. The molecule has 15 nitrogen and oxygen atoms in total. The van der Waals surface area contributed by atoms with Gasteiger partial charge in [-0.15, -0.1) is 11.8 Å². The molecule has 0 bridgehead atoms. The van der Waals surface area contributed by atoms with Crippen molar-refractivity contribution in [3.63, 3.8) is 0 Å². The van der Waals surface area contributed by atoms with Crippen LogP contribution in [0.15, 0.2) is 29.7 Å². The lowest BCUT2D eigenvalue weighted by atomic mass is 9.99. The number of ether oxygens (including phenoxy) is 2. The molecule has 228 valence electrons. The van der Waals surface area contributed by atoms with Gasteiger partial charge in [-0.1, -0.05) is 24.3 Å². The molecule has 1 aliphatic heterocycles. The van der Waals surface area contributed by atoms with Crippen LogP contribution in [-0.4, -0.2) is 116 Å². The van der Waals surface area contributed by atoms with Gasteiger partial charge in [0.25, 0.3) is 0 Å². The van der Waals surface area contributed by atoms with Crippen LogP contribution in [0.1, 0.15) is 24.0 Å². The predicted octanol–water partition coefficient (Wildman–Crippen LogP) is -2.42. The lowest BCUT2D eigenvalue weighted by Gasteiger charge is -2.39. The summed E-state index contributed by atoms with van der Waals surface area (Å²) in [5.74, 6) is -3.78. The number of benzene rings is 1. The summed E-state index contributed by atoms with van der Waals surface area (Å²) >= 11 is 1.17. The van der Waals surface area contributed by atoms with Crippen LogP contribution in [0.2, 0.25) is 0 Å². The number of thioether (sulfide) groups is 1. The Morgan fingerprint density at radius 3 is 2.37 bits per heavy atom. The third kappa shape index (κ3) is 11.4. The van der Waals surface area contributed by atoms with Gasteiger partial charge in [0.05, 0.1) is 13.2 Å². The van der Waals surface area contributed by atoms with Gasteiger partial charge in [0.2, 0.25) is 11.8 Å². The average molecular weight is 602 g/mol. The summed E-state index contributed by atoms with van der Waals surface area (Å²) < 4.78 is 10.8. The monoisotopic (exact) mass is 601 g/mol. The number of aliphatic hydroxyl groups excluding tert-OH is 4. The molecule has 1 fully saturated rings. The Morgan fingerprint density at radius 2 is 1.76 bits per heavy atom. The molecule has 1 aliphatic rings. The molecule has 1 heterocycles. The minimum atomic E-state index is -1.54. The van der Waals surface area contributed by atoms with Crippen LogP contribution >= 0.6 is 11.8 Å². The Labute approximate surface area is 239 Å². The van der Waals surface area contributed by atoms with E-state index < -0.39 is 79.7 Å². The van der Waals surface area contributed by atoms with Gasteiger partial charge in [0.1, 0.15) is 43.0 Å². The summed E-state index contributed by atoms with van der Waals surface area (Å²) in [6, 6.07) is 4.67. The molecule has 16 heteroatoms. The van der Waals surface area contributed by atoms with Crippen molar-refractivity contribution in [1.29, 1.82) is 0 Å². The zero-order valence-corrected chi connectivity index (χ0v) is 22.7. The molecule has 0 unspecified atom stereocenters. The maximum Gasteiger partial charge on any atom is 0.322 e. The van der Waals surface area contributed by atoms with E-state index in [1.54, 1.807) is 35.7 Å². The molecule has 0 saturated carbocycles. The third-order valence-corrected chi connectivity index (χ3v) is 6.78. The zero-order valence-electron chi connectivity index (χ0n) is 21.9. The minimum absolute atomic E-state index is 0.00559. The molecule has 0 aromatic heterocycles. The molecule has 7 atom stereocenters. The summed E-state index contributed by atoms with van der Waals surface area (Å²) in [4.78, 5) is 46.2. The summed E-state index contributed by atoms with van der Waals surface area (Å²) in [7, 11) is 0. The molecule has 2 amide bonds. The average Bonchev–Trinajstić information content (AvgIpc) is 2.95. The van der Waals surface area contributed by atoms with E-state index in [2.05, 4.69) is 10.6 Å². The second-order valence-corrected chi connectivity index (χ2v) is 10.0. The van der Waals surface area contributed by atoms with Gasteiger partial charge < -0.3 is 56.5 Å². The molecule has 1 saturated heterocycles. The van der Waals surface area contributed by atoms with Crippen molar-refractivity contribution in [3.8, 4) is 0 Å². The van der Waals surface area contributed by atoms with Gasteiger partial charge in [-0.3, -0.25) is 19.2 Å². The summed E-state index contributed by atoms with van der Waals surface area (Å²) in [6.45, 7) is -1.20. The van der Waals surface area contributed by atoms with Gasteiger partial charge in [0, 0.05) is 12.2 Å². The smallest absolute Gasteiger partial charge is 0.322 e. The first-order valence-electron chi connectivity index (χ1n) is 12.5. The summed E-state index contributed by atoms with van der Waals surface area (Å²) in [5, 5.41) is 63.0. The highest BCUT2D eigenvalue weighted by atomic mass is 32.2. The first-order valence-corrected chi connectivity index (χ1v) is 13.5. The van der Waals surface area contributed by atoms with Crippen molar-refractivity contribution >= 4 is 41.6 Å². The number of carbonyl (C=O) groups is 4. The van der Waals surface area contributed by atoms with E-state index in [1.165, 1.54) is 11.8 Å². The summed E-state index contributed by atoms with van der Waals surface area (Å²) in [6.07, 6.45) is -5.49. The van der Waals surface area contributed by atoms with Crippen molar-refractivity contribution in [3.05, 3.63) is 40.8 Å². The standard InChI is InChI=1S/C25H35N3O12S/c26-15(24(37)38)5-6-18(30)28-16(23(36)27-9-19(31)32)12-41-8-7-13-1-3-14(4-2-13)11-39-25-22(35)21(34)20(33)17(10-29)40-25/h1-4,7-8,15-17,20-22,25,29,33-35H,5-6,9-12,26H2,(H,27,36)(H,28,30)(H,31,32)(H,37,38)/b8-7+/t15-,16-,17+,20+,21-,22+,25+/m0/s1. The second kappa shape index (κ2) is 17.0. The molecule has 0 radical (unpaired) electrons. The quantitative estimate of drug-likeness (QED) is 0.0956. The van der Waals surface area contributed by atoms with E-state index in [0.29, 0.717) is 5.56 Å². The molecule has 0 spiro atoms. The van der Waals surface area contributed by atoms with Crippen molar-refractivity contribution < 1.29 is 59.3 Å². The number of aliphatic carboxylic acids is 2. The van der Waals surface area contributed by atoms with E-state index in [1.807, 2.05) is 0 Å². The Hall–Kier alpha value is -3.09. The molecule has 1 aromatic rings. The molecular weight excluding hydrogens is 566 g/mol. The van der Waals surface area contributed by atoms with Crippen molar-refractivity contribution in [2.75, 3.05) is 18.9 Å². The SMILES string of the molecule is N[C@@H](CCC(=O)N[C@@H](CS/C=C/c1ccc(CO[C@@H]2O[C@H](CO)[C@@H](O)[C@H](O)[C@H]2O)cc1)C(=O)NCC(=O)O)C(=O)O.